The Morgan fingerprint density at radius 1 is 1.23 bits per heavy atom. The molecular formula is C17H23NO4. The third kappa shape index (κ3) is 4.23. The molecule has 1 aromatic rings. The number of carbonyl (C=O) groups is 2. The lowest BCUT2D eigenvalue weighted by Crippen LogP contribution is -2.41. The molecule has 120 valence electrons. The van der Waals surface area contributed by atoms with E-state index in [1.54, 1.807) is 11.9 Å². The highest BCUT2D eigenvalue weighted by Gasteiger charge is 2.32. The Hall–Kier alpha value is -2.04. The molecule has 1 aliphatic rings. The lowest BCUT2D eigenvalue weighted by atomic mass is 9.85. The van der Waals surface area contributed by atoms with Crippen LogP contribution in [0.15, 0.2) is 30.3 Å². The molecule has 22 heavy (non-hydrogen) atoms. The number of ether oxygens (including phenoxy) is 2. The van der Waals surface area contributed by atoms with Crippen molar-refractivity contribution < 1.29 is 19.1 Å². The summed E-state index contributed by atoms with van der Waals surface area (Å²) in [5, 5.41) is 0. The van der Waals surface area contributed by atoms with Crippen LogP contribution in [0.4, 0.5) is 4.79 Å². The summed E-state index contributed by atoms with van der Waals surface area (Å²) in [4.78, 5) is 25.4. The van der Waals surface area contributed by atoms with Gasteiger partial charge in [-0.05, 0) is 24.8 Å². The van der Waals surface area contributed by atoms with Gasteiger partial charge in [0.2, 0.25) is 0 Å². The SMILES string of the molecule is COC(=O)C1CCCC(N(C)C(=O)OCc2ccccc2)C1. The fourth-order valence-corrected chi connectivity index (χ4v) is 2.87. The maximum absolute atomic E-state index is 12.1. The average molecular weight is 305 g/mol. The molecule has 0 N–H and O–H groups in total. The lowest BCUT2D eigenvalue weighted by molar-refractivity contribution is -0.147. The molecule has 2 atom stereocenters. The molecule has 0 bridgehead atoms. The number of hydrogen-bond donors (Lipinski definition) is 0. The average Bonchev–Trinajstić information content (AvgIpc) is 2.59. The van der Waals surface area contributed by atoms with E-state index in [0.717, 1.165) is 24.8 Å². The molecule has 5 nitrogen and oxygen atoms in total. The summed E-state index contributed by atoms with van der Waals surface area (Å²) < 4.78 is 10.1. The van der Waals surface area contributed by atoms with Crippen LogP contribution in [0.1, 0.15) is 31.2 Å². The minimum atomic E-state index is -0.348. The minimum Gasteiger partial charge on any atom is -0.469 e. The van der Waals surface area contributed by atoms with Crippen LogP contribution in [0.2, 0.25) is 0 Å². The van der Waals surface area contributed by atoms with Gasteiger partial charge in [-0.2, -0.15) is 0 Å². The van der Waals surface area contributed by atoms with Gasteiger partial charge in [0, 0.05) is 13.1 Å². The van der Waals surface area contributed by atoms with Gasteiger partial charge >= 0.3 is 12.1 Å². The van der Waals surface area contributed by atoms with Crippen LogP contribution >= 0.6 is 0 Å². The molecule has 1 fully saturated rings. The second-order valence-electron chi connectivity index (χ2n) is 5.69. The minimum absolute atomic E-state index is 0.0288. The Kier molecular flexibility index (Phi) is 5.81. The molecule has 1 amide bonds. The molecule has 0 aromatic heterocycles. The Morgan fingerprint density at radius 2 is 1.95 bits per heavy atom. The molecule has 2 rings (SSSR count). The smallest absolute Gasteiger partial charge is 0.410 e. The molecule has 0 radical (unpaired) electrons. The highest BCUT2D eigenvalue weighted by molar-refractivity contribution is 5.73. The highest BCUT2D eigenvalue weighted by Crippen LogP contribution is 2.28. The number of amides is 1. The van der Waals surface area contributed by atoms with Crippen LogP contribution < -0.4 is 0 Å². The van der Waals surface area contributed by atoms with E-state index in [2.05, 4.69) is 0 Å². The fraction of sp³-hybridized carbons (Fsp3) is 0.529. The number of carbonyl (C=O) groups excluding carboxylic acids is 2. The number of esters is 1. The molecule has 1 saturated carbocycles. The van der Waals surface area contributed by atoms with Crippen molar-refractivity contribution in [1.29, 1.82) is 0 Å². The number of rotatable bonds is 4. The van der Waals surface area contributed by atoms with Crippen LogP contribution in [0.25, 0.3) is 0 Å². The van der Waals surface area contributed by atoms with Gasteiger partial charge in [-0.1, -0.05) is 36.8 Å². The first-order valence-corrected chi connectivity index (χ1v) is 7.63. The van der Waals surface area contributed by atoms with Crippen LogP contribution in [0.5, 0.6) is 0 Å². The van der Waals surface area contributed by atoms with E-state index in [-0.39, 0.29) is 30.6 Å². The zero-order valence-corrected chi connectivity index (χ0v) is 13.2. The molecule has 2 unspecified atom stereocenters. The van der Waals surface area contributed by atoms with Crippen molar-refractivity contribution in [3.8, 4) is 0 Å². The van der Waals surface area contributed by atoms with E-state index in [4.69, 9.17) is 9.47 Å². The van der Waals surface area contributed by atoms with Crippen molar-refractivity contribution in [1.82, 2.24) is 4.90 Å². The van der Waals surface area contributed by atoms with Crippen molar-refractivity contribution >= 4 is 12.1 Å². The van der Waals surface area contributed by atoms with Crippen molar-refractivity contribution in [3.05, 3.63) is 35.9 Å². The standard InChI is InChI=1S/C17H23NO4/c1-18(15-10-6-9-14(11-15)16(19)21-2)17(20)22-12-13-7-4-3-5-8-13/h3-5,7-8,14-15H,6,9-12H2,1-2H3. The van der Waals surface area contributed by atoms with Gasteiger partial charge in [0.05, 0.1) is 13.0 Å². The van der Waals surface area contributed by atoms with Gasteiger partial charge in [-0.3, -0.25) is 4.79 Å². The normalized spacial score (nSPS) is 21.0. The van der Waals surface area contributed by atoms with E-state index >= 15 is 0 Å². The zero-order chi connectivity index (χ0) is 15.9. The first-order chi connectivity index (χ1) is 10.6. The van der Waals surface area contributed by atoms with Crippen molar-refractivity contribution in [2.45, 2.75) is 38.3 Å². The van der Waals surface area contributed by atoms with Gasteiger partial charge in [0.15, 0.2) is 0 Å². The second-order valence-corrected chi connectivity index (χ2v) is 5.69. The van der Waals surface area contributed by atoms with Gasteiger partial charge in [0.1, 0.15) is 6.61 Å². The summed E-state index contributed by atoms with van der Waals surface area (Å²) in [5.74, 6) is -0.302. The van der Waals surface area contributed by atoms with Crippen LogP contribution in [-0.2, 0) is 20.9 Å². The van der Waals surface area contributed by atoms with Gasteiger partial charge in [-0.15, -0.1) is 0 Å². The van der Waals surface area contributed by atoms with Crippen LogP contribution in [0.3, 0.4) is 0 Å². The predicted molar refractivity (Wildman–Crippen MR) is 82.2 cm³/mol. The molecule has 0 aliphatic heterocycles. The maximum Gasteiger partial charge on any atom is 0.410 e. The number of nitrogens with zero attached hydrogens (tertiary/aromatic N) is 1. The quantitative estimate of drug-likeness (QED) is 0.802. The third-order valence-electron chi connectivity index (χ3n) is 4.22. The second kappa shape index (κ2) is 7.82. The molecule has 0 spiro atoms. The van der Waals surface area contributed by atoms with E-state index in [9.17, 15) is 9.59 Å². The summed E-state index contributed by atoms with van der Waals surface area (Å²) in [6.07, 6.45) is 2.93. The first-order valence-electron chi connectivity index (χ1n) is 7.63. The summed E-state index contributed by atoms with van der Waals surface area (Å²) in [6, 6.07) is 9.61. The molecular weight excluding hydrogens is 282 g/mol. The van der Waals surface area contributed by atoms with E-state index in [1.165, 1.54) is 7.11 Å². The molecule has 1 aliphatic carbocycles. The van der Waals surface area contributed by atoms with E-state index in [0.29, 0.717) is 6.42 Å². The Morgan fingerprint density at radius 3 is 2.64 bits per heavy atom. The molecule has 0 heterocycles. The van der Waals surface area contributed by atoms with Gasteiger partial charge in [-0.25, -0.2) is 4.79 Å². The Balaban J connectivity index is 1.85. The maximum atomic E-state index is 12.1. The third-order valence-corrected chi connectivity index (χ3v) is 4.22. The van der Waals surface area contributed by atoms with Crippen LogP contribution in [0, 0.1) is 5.92 Å². The molecule has 5 heteroatoms. The molecule has 0 saturated heterocycles. The fourth-order valence-electron chi connectivity index (χ4n) is 2.87. The van der Waals surface area contributed by atoms with E-state index < -0.39 is 0 Å². The monoisotopic (exact) mass is 305 g/mol. The van der Waals surface area contributed by atoms with Gasteiger partial charge < -0.3 is 14.4 Å². The highest BCUT2D eigenvalue weighted by atomic mass is 16.6. The zero-order valence-electron chi connectivity index (χ0n) is 13.2. The summed E-state index contributed by atoms with van der Waals surface area (Å²) in [6.45, 7) is 0.261. The number of methoxy groups -OCH3 is 1. The van der Waals surface area contributed by atoms with Gasteiger partial charge in [0.25, 0.3) is 0 Å². The van der Waals surface area contributed by atoms with E-state index in [1.807, 2.05) is 30.3 Å². The largest absolute Gasteiger partial charge is 0.469 e. The Bertz CT molecular complexity index is 503. The Labute approximate surface area is 131 Å². The van der Waals surface area contributed by atoms with Crippen LogP contribution in [-0.4, -0.2) is 37.2 Å². The topological polar surface area (TPSA) is 55.8 Å². The van der Waals surface area contributed by atoms with Crippen molar-refractivity contribution in [2.75, 3.05) is 14.2 Å². The first kappa shape index (κ1) is 16.3. The lowest BCUT2D eigenvalue weighted by Gasteiger charge is -2.33. The van der Waals surface area contributed by atoms with Crippen molar-refractivity contribution in [3.63, 3.8) is 0 Å². The predicted octanol–water partition coefficient (Wildman–Crippen LogP) is 2.99. The number of benzene rings is 1. The summed E-state index contributed by atoms with van der Waals surface area (Å²) in [5.41, 5.74) is 0.959. The summed E-state index contributed by atoms with van der Waals surface area (Å²) >= 11 is 0. The molecule has 1 aromatic carbocycles. The number of hydrogen-bond acceptors (Lipinski definition) is 4. The summed E-state index contributed by atoms with van der Waals surface area (Å²) in [7, 11) is 3.14. The van der Waals surface area contributed by atoms with Crippen molar-refractivity contribution in [2.24, 2.45) is 5.92 Å².